The van der Waals surface area contributed by atoms with Crippen molar-refractivity contribution < 1.29 is 13.6 Å². The summed E-state index contributed by atoms with van der Waals surface area (Å²) in [6, 6.07) is 11.2. The van der Waals surface area contributed by atoms with E-state index >= 15 is 0 Å². The molecule has 27 heavy (non-hydrogen) atoms. The number of carbonyl (C=O) groups excluding carboxylic acids is 1. The van der Waals surface area contributed by atoms with Gasteiger partial charge in [-0.3, -0.25) is 14.6 Å². The lowest BCUT2D eigenvalue weighted by Gasteiger charge is -2.37. The first-order chi connectivity index (χ1) is 12.9. The quantitative estimate of drug-likeness (QED) is 0.872. The average molecular weight is 373 g/mol. The highest BCUT2D eigenvalue weighted by Gasteiger charge is 2.26. The summed E-state index contributed by atoms with van der Waals surface area (Å²) < 4.78 is 27.4. The fourth-order valence-electron chi connectivity index (χ4n) is 3.26. The van der Waals surface area contributed by atoms with E-state index in [4.69, 9.17) is 0 Å². The van der Waals surface area contributed by atoms with Crippen molar-refractivity contribution >= 4 is 11.6 Å². The molecule has 1 aliphatic heterocycles. The highest BCUT2D eigenvalue weighted by atomic mass is 19.1. The third-order valence-electron chi connectivity index (χ3n) is 5.13. The largest absolute Gasteiger partial charge is 0.325 e. The lowest BCUT2D eigenvalue weighted by molar-refractivity contribution is -0.121. The molecule has 3 rings (SSSR count). The number of hydrogen-bond donors (Lipinski definition) is 1. The summed E-state index contributed by atoms with van der Waals surface area (Å²) in [5.41, 5.74) is 1.71. The first-order valence-electron chi connectivity index (χ1n) is 9.21. The van der Waals surface area contributed by atoms with Crippen LogP contribution >= 0.6 is 0 Å². The zero-order chi connectivity index (χ0) is 19.4. The molecule has 1 amide bonds. The molecule has 0 saturated carbocycles. The van der Waals surface area contributed by atoms with Crippen LogP contribution in [0.3, 0.4) is 0 Å². The fraction of sp³-hybridized carbons (Fsp3) is 0.381. The molecule has 1 unspecified atom stereocenters. The van der Waals surface area contributed by atoms with Crippen LogP contribution in [-0.2, 0) is 11.3 Å². The minimum atomic E-state index is -0.331. The highest BCUT2D eigenvalue weighted by Crippen LogP contribution is 2.16. The predicted molar refractivity (Wildman–Crippen MR) is 102 cm³/mol. The van der Waals surface area contributed by atoms with Crippen LogP contribution < -0.4 is 5.32 Å². The number of carbonyl (C=O) groups is 1. The molecule has 2 aromatic carbocycles. The van der Waals surface area contributed by atoms with Crippen LogP contribution in [0.1, 0.15) is 18.1 Å². The van der Waals surface area contributed by atoms with Crippen LogP contribution in [0.5, 0.6) is 0 Å². The molecular formula is C21H25F2N3O. The molecular weight excluding hydrogens is 348 g/mol. The third kappa shape index (κ3) is 4.90. The molecule has 0 spiro atoms. The number of hydrogen-bond acceptors (Lipinski definition) is 3. The van der Waals surface area contributed by atoms with E-state index in [1.807, 2.05) is 13.0 Å². The third-order valence-corrected chi connectivity index (χ3v) is 5.13. The van der Waals surface area contributed by atoms with E-state index in [1.54, 1.807) is 31.2 Å². The van der Waals surface area contributed by atoms with Gasteiger partial charge in [0.1, 0.15) is 11.6 Å². The van der Waals surface area contributed by atoms with Crippen LogP contribution in [0.15, 0.2) is 42.5 Å². The molecule has 6 heteroatoms. The molecule has 0 bridgehead atoms. The Labute approximate surface area is 158 Å². The number of aryl methyl sites for hydroxylation is 1. The van der Waals surface area contributed by atoms with Gasteiger partial charge >= 0.3 is 0 Å². The van der Waals surface area contributed by atoms with E-state index < -0.39 is 0 Å². The number of nitrogens with one attached hydrogen (secondary N) is 1. The zero-order valence-electron chi connectivity index (χ0n) is 15.7. The first-order valence-corrected chi connectivity index (χ1v) is 9.21. The fourth-order valence-corrected chi connectivity index (χ4v) is 3.26. The van der Waals surface area contributed by atoms with E-state index in [0.717, 1.165) is 26.2 Å². The second kappa shape index (κ2) is 8.59. The second-order valence-corrected chi connectivity index (χ2v) is 7.03. The molecule has 0 aromatic heterocycles. The van der Waals surface area contributed by atoms with Gasteiger partial charge in [0.15, 0.2) is 0 Å². The summed E-state index contributed by atoms with van der Waals surface area (Å²) in [6.07, 6.45) is 0. The van der Waals surface area contributed by atoms with Gasteiger partial charge in [0, 0.05) is 44.0 Å². The van der Waals surface area contributed by atoms with Gasteiger partial charge in [-0.25, -0.2) is 8.78 Å². The molecule has 4 nitrogen and oxygen atoms in total. The Bertz CT molecular complexity index is 804. The molecule has 2 aromatic rings. The Morgan fingerprint density at radius 2 is 1.78 bits per heavy atom. The van der Waals surface area contributed by atoms with Crippen molar-refractivity contribution in [3.8, 4) is 0 Å². The lowest BCUT2D eigenvalue weighted by atomic mass is 10.1. The smallest absolute Gasteiger partial charge is 0.241 e. The van der Waals surface area contributed by atoms with Crippen molar-refractivity contribution in [2.75, 3.05) is 31.5 Å². The molecule has 1 atom stereocenters. The van der Waals surface area contributed by atoms with E-state index in [0.29, 0.717) is 23.4 Å². The van der Waals surface area contributed by atoms with Crippen LogP contribution in [0, 0.1) is 18.6 Å². The number of nitrogens with zero attached hydrogens (tertiary/aromatic N) is 2. The standard InChI is InChI=1S/C21H25F2N3O/c1-15-7-8-18(13-20(15)23)24-21(27)16(2)26-11-9-25(10-12-26)14-17-5-3-4-6-19(17)22/h3-8,13,16H,9-12,14H2,1-2H3,(H,24,27). The van der Waals surface area contributed by atoms with Crippen LogP contribution in [0.4, 0.5) is 14.5 Å². The molecule has 1 fully saturated rings. The Morgan fingerprint density at radius 1 is 1.07 bits per heavy atom. The maximum atomic E-state index is 13.8. The number of amides is 1. The minimum Gasteiger partial charge on any atom is -0.325 e. The van der Waals surface area contributed by atoms with Crippen LogP contribution in [0.25, 0.3) is 0 Å². The number of anilines is 1. The highest BCUT2D eigenvalue weighted by molar-refractivity contribution is 5.94. The van der Waals surface area contributed by atoms with Crippen molar-refractivity contribution in [2.24, 2.45) is 0 Å². The van der Waals surface area contributed by atoms with Crippen molar-refractivity contribution in [1.82, 2.24) is 9.80 Å². The van der Waals surface area contributed by atoms with Crippen LogP contribution in [-0.4, -0.2) is 47.9 Å². The topological polar surface area (TPSA) is 35.6 Å². The minimum absolute atomic E-state index is 0.152. The van der Waals surface area contributed by atoms with Gasteiger partial charge in [0.25, 0.3) is 0 Å². The van der Waals surface area contributed by atoms with Crippen molar-refractivity contribution in [1.29, 1.82) is 0 Å². The molecule has 0 radical (unpaired) electrons. The zero-order valence-corrected chi connectivity index (χ0v) is 15.7. The van der Waals surface area contributed by atoms with Crippen molar-refractivity contribution in [3.05, 3.63) is 65.2 Å². The molecule has 1 aliphatic rings. The number of piperazine rings is 1. The van der Waals surface area contributed by atoms with Gasteiger partial charge in [-0.05, 0) is 37.6 Å². The van der Waals surface area contributed by atoms with Crippen LogP contribution in [0.2, 0.25) is 0 Å². The van der Waals surface area contributed by atoms with Gasteiger partial charge in [0.2, 0.25) is 5.91 Å². The summed E-state index contributed by atoms with van der Waals surface area (Å²) in [4.78, 5) is 16.8. The van der Waals surface area contributed by atoms with E-state index in [1.165, 1.54) is 12.1 Å². The summed E-state index contributed by atoms with van der Waals surface area (Å²) in [6.45, 7) is 7.10. The molecule has 144 valence electrons. The van der Waals surface area contributed by atoms with Gasteiger partial charge in [-0.1, -0.05) is 24.3 Å². The van der Waals surface area contributed by atoms with Crippen molar-refractivity contribution in [2.45, 2.75) is 26.4 Å². The first kappa shape index (κ1) is 19.5. The van der Waals surface area contributed by atoms with Gasteiger partial charge in [0.05, 0.1) is 6.04 Å². The Hall–Kier alpha value is -2.31. The summed E-state index contributed by atoms with van der Waals surface area (Å²) in [5, 5.41) is 2.78. The number of rotatable bonds is 5. The van der Waals surface area contributed by atoms with E-state index in [-0.39, 0.29) is 23.6 Å². The van der Waals surface area contributed by atoms with E-state index in [9.17, 15) is 13.6 Å². The normalized spacial score (nSPS) is 16.9. The van der Waals surface area contributed by atoms with Gasteiger partial charge in [-0.15, -0.1) is 0 Å². The lowest BCUT2D eigenvalue weighted by Crippen LogP contribution is -2.52. The second-order valence-electron chi connectivity index (χ2n) is 7.03. The maximum absolute atomic E-state index is 13.8. The number of halogens is 2. The molecule has 1 N–H and O–H groups in total. The van der Waals surface area contributed by atoms with Crippen molar-refractivity contribution in [3.63, 3.8) is 0 Å². The Morgan fingerprint density at radius 3 is 2.44 bits per heavy atom. The summed E-state index contributed by atoms with van der Waals surface area (Å²) >= 11 is 0. The maximum Gasteiger partial charge on any atom is 0.241 e. The summed E-state index contributed by atoms with van der Waals surface area (Å²) in [7, 11) is 0. The molecule has 0 aliphatic carbocycles. The Balaban J connectivity index is 1.51. The SMILES string of the molecule is Cc1ccc(NC(=O)C(C)N2CCN(Cc3ccccc3F)CC2)cc1F. The predicted octanol–water partition coefficient (Wildman–Crippen LogP) is 3.42. The van der Waals surface area contributed by atoms with Gasteiger partial charge < -0.3 is 5.32 Å². The van der Waals surface area contributed by atoms with E-state index in [2.05, 4.69) is 15.1 Å². The number of benzene rings is 2. The average Bonchev–Trinajstić information content (AvgIpc) is 2.66. The van der Waals surface area contributed by atoms with Gasteiger partial charge in [-0.2, -0.15) is 0 Å². The molecule has 1 heterocycles. The monoisotopic (exact) mass is 373 g/mol. The summed E-state index contributed by atoms with van der Waals surface area (Å²) in [5.74, 6) is -0.666. The molecule has 1 saturated heterocycles. The Kier molecular flexibility index (Phi) is 6.19.